The van der Waals surface area contributed by atoms with Crippen molar-refractivity contribution in [3.05, 3.63) is 16.7 Å². The predicted octanol–water partition coefficient (Wildman–Crippen LogP) is 2.10. The summed E-state index contributed by atoms with van der Waals surface area (Å²) in [6.07, 6.45) is 1.65. The van der Waals surface area contributed by atoms with Gasteiger partial charge >= 0.3 is 7.12 Å². The monoisotopic (exact) mass is 340 g/mol. The van der Waals surface area contributed by atoms with Crippen LogP contribution in [0.3, 0.4) is 0 Å². The molecule has 1 aliphatic heterocycles. The van der Waals surface area contributed by atoms with E-state index in [0.717, 1.165) is 5.46 Å². The van der Waals surface area contributed by atoms with Gasteiger partial charge in [-0.3, -0.25) is 4.79 Å². The van der Waals surface area contributed by atoms with Gasteiger partial charge in [0.1, 0.15) is 5.82 Å². The van der Waals surface area contributed by atoms with Crippen molar-refractivity contribution in [3.63, 3.8) is 0 Å². The minimum atomic E-state index is -0.463. The number of nitrogens with zero attached hydrogens (tertiary/aromatic N) is 1. The molecule has 0 aromatic carbocycles. The van der Waals surface area contributed by atoms with Crippen LogP contribution in [0, 0.1) is 0 Å². The van der Waals surface area contributed by atoms with Crippen LogP contribution in [0.4, 0.5) is 5.82 Å². The van der Waals surface area contributed by atoms with Crippen LogP contribution in [0.1, 0.15) is 34.6 Å². The quantitative estimate of drug-likeness (QED) is 0.837. The van der Waals surface area contributed by atoms with Crippen LogP contribution in [0.15, 0.2) is 16.7 Å². The lowest BCUT2D eigenvalue weighted by Crippen LogP contribution is -2.41. The fourth-order valence-corrected chi connectivity index (χ4v) is 2.29. The van der Waals surface area contributed by atoms with Gasteiger partial charge in [0.15, 0.2) is 0 Å². The molecule has 0 spiro atoms. The fourth-order valence-electron chi connectivity index (χ4n) is 1.82. The molecule has 20 heavy (non-hydrogen) atoms. The smallest absolute Gasteiger partial charge is 0.399 e. The summed E-state index contributed by atoms with van der Waals surface area (Å²) in [4.78, 5) is 15.3. The largest absolute Gasteiger partial charge is 0.496 e. The van der Waals surface area contributed by atoms with Crippen molar-refractivity contribution in [3.8, 4) is 0 Å². The van der Waals surface area contributed by atoms with Crippen molar-refractivity contribution < 1.29 is 14.1 Å². The van der Waals surface area contributed by atoms with E-state index in [0.29, 0.717) is 10.3 Å². The summed E-state index contributed by atoms with van der Waals surface area (Å²) >= 11 is 3.39. The molecule has 0 unspecified atom stereocenters. The fraction of sp³-hybridized carbons (Fsp3) is 0.538. The first-order chi connectivity index (χ1) is 9.12. The Kier molecular flexibility index (Phi) is 3.97. The molecule has 0 bridgehead atoms. The maximum Gasteiger partial charge on any atom is 0.496 e. The molecule has 0 saturated carbocycles. The highest BCUT2D eigenvalue weighted by Gasteiger charge is 2.51. The van der Waals surface area contributed by atoms with Gasteiger partial charge in [0.25, 0.3) is 0 Å². The van der Waals surface area contributed by atoms with Crippen molar-refractivity contribution in [1.29, 1.82) is 0 Å². The normalized spacial score (nSPS) is 20.0. The second-order valence-electron chi connectivity index (χ2n) is 5.87. The molecule has 108 valence electrons. The van der Waals surface area contributed by atoms with Crippen LogP contribution in [-0.2, 0) is 14.1 Å². The van der Waals surface area contributed by atoms with Crippen LogP contribution in [-0.4, -0.2) is 29.2 Å². The molecule has 1 fully saturated rings. The second-order valence-corrected chi connectivity index (χ2v) is 6.72. The number of halogens is 1. The van der Waals surface area contributed by atoms with Gasteiger partial charge in [-0.05, 0) is 49.7 Å². The van der Waals surface area contributed by atoms with Gasteiger partial charge in [-0.2, -0.15) is 0 Å². The number of amides is 1. The minimum Gasteiger partial charge on any atom is -0.399 e. The molecule has 0 radical (unpaired) electrons. The molecule has 0 aliphatic carbocycles. The molecule has 1 aromatic rings. The lowest BCUT2D eigenvalue weighted by Gasteiger charge is -2.32. The standard InChI is InChI=1S/C13H18BBrN2O3/c1-8(18)17-11-10(15)6-9(7-16-11)14-19-12(2,3)13(4,5)20-14/h6-7H,1-5H3,(H,16,17,18). The SMILES string of the molecule is CC(=O)Nc1ncc(B2OC(C)(C)C(C)(C)O2)cc1Br. The summed E-state index contributed by atoms with van der Waals surface area (Å²) in [6, 6.07) is 1.85. The van der Waals surface area contributed by atoms with Gasteiger partial charge < -0.3 is 14.6 Å². The van der Waals surface area contributed by atoms with Crippen LogP contribution >= 0.6 is 15.9 Å². The Bertz CT molecular complexity index is 532. The molecule has 1 amide bonds. The lowest BCUT2D eigenvalue weighted by molar-refractivity contribution is -0.114. The lowest BCUT2D eigenvalue weighted by atomic mass is 9.80. The molecular formula is C13H18BBrN2O3. The van der Waals surface area contributed by atoms with E-state index in [1.807, 2.05) is 33.8 Å². The summed E-state index contributed by atoms with van der Waals surface area (Å²) < 4.78 is 12.6. The highest BCUT2D eigenvalue weighted by molar-refractivity contribution is 9.10. The minimum absolute atomic E-state index is 0.165. The summed E-state index contributed by atoms with van der Waals surface area (Å²) in [5, 5.41) is 2.64. The van der Waals surface area contributed by atoms with E-state index in [4.69, 9.17) is 9.31 Å². The van der Waals surface area contributed by atoms with Gasteiger partial charge in [-0.25, -0.2) is 4.98 Å². The van der Waals surface area contributed by atoms with Crippen molar-refractivity contribution in [2.75, 3.05) is 5.32 Å². The maximum absolute atomic E-state index is 11.1. The summed E-state index contributed by atoms with van der Waals surface area (Å²) in [7, 11) is -0.463. The number of carbonyl (C=O) groups excluding carboxylic acids is 1. The summed E-state index contributed by atoms with van der Waals surface area (Å²) in [6.45, 7) is 9.45. The van der Waals surface area contributed by atoms with Crippen LogP contribution in [0.2, 0.25) is 0 Å². The van der Waals surface area contributed by atoms with Crippen molar-refractivity contribution in [2.45, 2.75) is 45.8 Å². The van der Waals surface area contributed by atoms with Crippen molar-refractivity contribution >= 4 is 40.2 Å². The van der Waals surface area contributed by atoms with E-state index in [9.17, 15) is 4.79 Å². The molecule has 1 saturated heterocycles. The average Bonchev–Trinajstić information content (AvgIpc) is 2.50. The third kappa shape index (κ3) is 2.89. The van der Waals surface area contributed by atoms with Gasteiger partial charge in [-0.1, -0.05) is 0 Å². The molecule has 2 heterocycles. The first-order valence-corrected chi connectivity index (χ1v) is 7.20. The maximum atomic E-state index is 11.1. The van der Waals surface area contributed by atoms with E-state index < -0.39 is 7.12 Å². The Morgan fingerprint density at radius 3 is 2.30 bits per heavy atom. The summed E-state index contributed by atoms with van der Waals surface area (Å²) in [5.74, 6) is 0.319. The number of carbonyl (C=O) groups is 1. The van der Waals surface area contributed by atoms with Gasteiger partial charge in [-0.15, -0.1) is 0 Å². The molecular weight excluding hydrogens is 323 g/mol. The van der Waals surface area contributed by atoms with E-state index in [1.54, 1.807) is 6.20 Å². The Labute approximate surface area is 127 Å². The number of hydrogen-bond donors (Lipinski definition) is 1. The van der Waals surface area contributed by atoms with Crippen molar-refractivity contribution in [1.82, 2.24) is 4.98 Å². The molecule has 7 heteroatoms. The molecule has 1 N–H and O–H groups in total. The molecule has 5 nitrogen and oxygen atoms in total. The molecule has 1 aromatic heterocycles. The number of rotatable bonds is 2. The van der Waals surface area contributed by atoms with E-state index in [2.05, 4.69) is 26.2 Å². The van der Waals surface area contributed by atoms with Gasteiger partial charge in [0.2, 0.25) is 5.91 Å². The molecule has 1 aliphatic rings. The van der Waals surface area contributed by atoms with Crippen LogP contribution in [0.5, 0.6) is 0 Å². The third-order valence-electron chi connectivity index (χ3n) is 3.68. The Balaban J connectivity index is 2.24. The second kappa shape index (κ2) is 5.13. The van der Waals surface area contributed by atoms with E-state index in [-0.39, 0.29) is 17.1 Å². The molecule has 2 rings (SSSR count). The third-order valence-corrected chi connectivity index (χ3v) is 4.29. The Morgan fingerprint density at radius 1 is 1.30 bits per heavy atom. The average molecular weight is 341 g/mol. The number of hydrogen-bond acceptors (Lipinski definition) is 4. The van der Waals surface area contributed by atoms with E-state index >= 15 is 0 Å². The first kappa shape index (κ1) is 15.5. The Morgan fingerprint density at radius 2 is 1.85 bits per heavy atom. The predicted molar refractivity (Wildman–Crippen MR) is 82.0 cm³/mol. The van der Waals surface area contributed by atoms with Crippen molar-refractivity contribution in [2.24, 2.45) is 0 Å². The zero-order chi connectivity index (χ0) is 15.1. The number of aromatic nitrogens is 1. The number of anilines is 1. The highest BCUT2D eigenvalue weighted by atomic mass is 79.9. The van der Waals surface area contributed by atoms with Gasteiger partial charge in [0, 0.05) is 18.6 Å². The zero-order valence-corrected chi connectivity index (χ0v) is 13.9. The molecule has 0 atom stereocenters. The van der Waals surface area contributed by atoms with E-state index in [1.165, 1.54) is 6.92 Å². The van der Waals surface area contributed by atoms with Crippen LogP contribution in [0.25, 0.3) is 0 Å². The Hall–Kier alpha value is -0.915. The van der Waals surface area contributed by atoms with Crippen LogP contribution < -0.4 is 10.8 Å². The topological polar surface area (TPSA) is 60.5 Å². The first-order valence-electron chi connectivity index (χ1n) is 6.41. The summed E-state index contributed by atoms with van der Waals surface area (Å²) in [5.41, 5.74) is 0.0330. The number of nitrogens with one attached hydrogen (secondary N) is 1. The zero-order valence-electron chi connectivity index (χ0n) is 12.3. The highest BCUT2D eigenvalue weighted by Crippen LogP contribution is 2.36. The van der Waals surface area contributed by atoms with Gasteiger partial charge in [0.05, 0.1) is 15.7 Å². The number of pyridine rings is 1.